The second-order valence-electron chi connectivity index (χ2n) is 4.87. The number of para-hydroxylation sites is 1. The molecule has 1 heterocycles. The van der Waals surface area contributed by atoms with Gasteiger partial charge in [-0.2, -0.15) is 0 Å². The predicted molar refractivity (Wildman–Crippen MR) is 94.1 cm³/mol. The number of hydrogen-bond donors (Lipinski definition) is 2. The monoisotopic (exact) mass is 317 g/mol. The molecule has 1 aromatic heterocycles. The molecule has 0 aliphatic rings. The van der Waals surface area contributed by atoms with Gasteiger partial charge >= 0.3 is 0 Å². The number of rotatable bonds is 7. The summed E-state index contributed by atoms with van der Waals surface area (Å²) in [5.74, 6) is 1.75. The van der Waals surface area contributed by atoms with Gasteiger partial charge in [0.25, 0.3) is 0 Å². The van der Waals surface area contributed by atoms with Gasteiger partial charge in [0.1, 0.15) is 12.4 Å². The van der Waals surface area contributed by atoms with E-state index in [9.17, 15) is 0 Å². The highest BCUT2D eigenvalue weighted by molar-refractivity contribution is 7.09. The summed E-state index contributed by atoms with van der Waals surface area (Å²) in [5.41, 5.74) is 1.15. The molecule has 22 heavy (non-hydrogen) atoms. The number of hydrogen-bond acceptors (Lipinski definition) is 3. The zero-order valence-electron chi connectivity index (χ0n) is 13.1. The molecule has 0 unspecified atom stereocenters. The number of thiophene rings is 1. The summed E-state index contributed by atoms with van der Waals surface area (Å²) >= 11 is 1.78. The average Bonchev–Trinajstić information content (AvgIpc) is 3.04. The zero-order valence-corrected chi connectivity index (χ0v) is 14.0. The Bertz CT molecular complexity index is 581. The van der Waals surface area contributed by atoms with Crippen molar-refractivity contribution in [2.75, 3.05) is 26.7 Å². The molecule has 0 bridgehead atoms. The van der Waals surface area contributed by atoms with Crippen LogP contribution in [0.1, 0.15) is 10.4 Å². The van der Waals surface area contributed by atoms with Crippen molar-refractivity contribution in [2.24, 2.45) is 4.99 Å². The number of guanidine groups is 1. The largest absolute Gasteiger partial charge is 0.491 e. The third-order valence-corrected chi connectivity index (χ3v) is 4.15. The summed E-state index contributed by atoms with van der Waals surface area (Å²) in [6.07, 6.45) is 1.01. The lowest BCUT2D eigenvalue weighted by atomic mass is 10.2. The Labute approximate surface area is 136 Å². The first kappa shape index (κ1) is 16.4. The van der Waals surface area contributed by atoms with Gasteiger partial charge in [-0.05, 0) is 36.4 Å². The van der Waals surface area contributed by atoms with E-state index in [-0.39, 0.29) is 0 Å². The van der Waals surface area contributed by atoms with Crippen LogP contribution >= 0.6 is 11.3 Å². The molecular formula is C17H23N3OS. The van der Waals surface area contributed by atoms with Gasteiger partial charge < -0.3 is 15.4 Å². The number of nitrogens with zero attached hydrogens (tertiary/aromatic N) is 1. The van der Waals surface area contributed by atoms with Crippen molar-refractivity contribution in [3.05, 3.63) is 52.2 Å². The van der Waals surface area contributed by atoms with Crippen LogP contribution in [0.4, 0.5) is 0 Å². The van der Waals surface area contributed by atoms with Crippen LogP contribution in [0.2, 0.25) is 0 Å². The molecule has 0 aliphatic carbocycles. The van der Waals surface area contributed by atoms with Crippen LogP contribution in [0.5, 0.6) is 5.75 Å². The Morgan fingerprint density at radius 2 is 1.95 bits per heavy atom. The molecule has 0 saturated carbocycles. The van der Waals surface area contributed by atoms with Gasteiger partial charge in [0.2, 0.25) is 0 Å². The number of aliphatic imine (C=N–C) groups is 1. The van der Waals surface area contributed by atoms with Gasteiger partial charge in [-0.1, -0.05) is 24.3 Å². The molecule has 0 radical (unpaired) electrons. The van der Waals surface area contributed by atoms with E-state index in [1.54, 1.807) is 18.4 Å². The Morgan fingerprint density at radius 3 is 2.68 bits per heavy atom. The van der Waals surface area contributed by atoms with Crippen LogP contribution in [0.15, 0.2) is 46.8 Å². The van der Waals surface area contributed by atoms with Crippen LogP contribution < -0.4 is 15.4 Å². The summed E-state index contributed by atoms with van der Waals surface area (Å²) in [5, 5.41) is 8.67. The number of ether oxygens (including phenoxy) is 1. The third kappa shape index (κ3) is 5.41. The Morgan fingerprint density at radius 1 is 1.14 bits per heavy atom. The van der Waals surface area contributed by atoms with Crippen molar-refractivity contribution in [1.29, 1.82) is 0 Å². The van der Waals surface area contributed by atoms with E-state index in [1.807, 2.05) is 31.2 Å². The van der Waals surface area contributed by atoms with Crippen molar-refractivity contribution < 1.29 is 4.74 Å². The van der Waals surface area contributed by atoms with Crippen LogP contribution in [0.25, 0.3) is 0 Å². The molecule has 1 aromatic carbocycles. The van der Waals surface area contributed by atoms with E-state index < -0.39 is 0 Å². The maximum atomic E-state index is 5.75. The molecule has 0 fully saturated rings. The SMILES string of the molecule is CN=C(NCCOc1ccccc1C)NCCc1cccs1. The van der Waals surface area contributed by atoms with Crippen molar-refractivity contribution in [3.63, 3.8) is 0 Å². The summed E-state index contributed by atoms with van der Waals surface area (Å²) < 4.78 is 5.75. The Hall–Kier alpha value is -2.01. The van der Waals surface area contributed by atoms with Crippen molar-refractivity contribution in [1.82, 2.24) is 10.6 Å². The summed E-state index contributed by atoms with van der Waals surface area (Å²) in [6, 6.07) is 12.3. The van der Waals surface area contributed by atoms with Gasteiger partial charge in [0, 0.05) is 18.5 Å². The van der Waals surface area contributed by atoms with Gasteiger partial charge in [-0.15, -0.1) is 11.3 Å². The molecular weight excluding hydrogens is 294 g/mol. The Kier molecular flexibility index (Phi) is 6.77. The normalized spacial score (nSPS) is 11.3. The molecule has 2 aromatic rings. The highest BCUT2D eigenvalue weighted by Gasteiger charge is 2.00. The van der Waals surface area contributed by atoms with Gasteiger partial charge in [-0.3, -0.25) is 4.99 Å². The van der Waals surface area contributed by atoms with Crippen LogP contribution in [-0.4, -0.2) is 32.7 Å². The number of aryl methyl sites for hydroxylation is 1. The first-order valence-corrected chi connectivity index (χ1v) is 8.33. The lowest BCUT2D eigenvalue weighted by molar-refractivity contribution is 0.320. The van der Waals surface area contributed by atoms with Crippen LogP contribution in [0, 0.1) is 6.92 Å². The molecule has 0 saturated heterocycles. The first-order chi connectivity index (χ1) is 10.8. The average molecular weight is 317 g/mol. The maximum absolute atomic E-state index is 5.75. The minimum Gasteiger partial charge on any atom is -0.491 e. The van der Waals surface area contributed by atoms with Crippen molar-refractivity contribution in [2.45, 2.75) is 13.3 Å². The zero-order chi connectivity index (χ0) is 15.6. The number of nitrogens with one attached hydrogen (secondary N) is 2. The minimum atomic E-state index is 0.608. The van der Waals surface area contributed by atoms with E-state index in [0.717, 1.165) is 30.2 Å². The lowest BCUT2D eigenvalue weighted by Gasteiger charge is -2.13. The molecule has 0 amide bonds. The molecule has 4 nitrogen and oxygen atoms in total. The van der Waals surface area contributed by atoms with Gasteiger partial charge in [0.15, 0.2) is 5.96 Å². The van der Waals surface area contributed by atoms with E-state index in [1.165, 1.54) is 4.88 Å². The first-order valence-electron chi connectivity index (χ1n) is 7.45. The smallest absolute Gasteiger partial charge is 0.191 e. The molecule has 2 rings (SSSR count). The van der Waals surface area contributed by atoms with Gasteiger partial charge in [0.05, 0.1) is 6.54 Å². The van der Waals surface area contributed by atoms with Gasteiger partial charge in [-0.25, -0.2) is 0 Å². The van der Waals surface area contributed by atoms with E-state index >= 15 is 0 Å². The second kappa shape index (κ2) is 9.10. The molecule has 118 valence electrons. The van der Waals surface area contributed by atoms with Crippen LogP contribution in [-0.2, 0) is 6.42 Å². The predicted octanol–water partition coefficient (Wildman–Crippen LogP) is 2.84. The van der Waals surface area contributed by atoms with E-state index in [4.69, 9.17) is 4.74 Å². The maximum Gasteiger partial charge on any atom is 0.191 e. The summed E-state index contributed by atoms with van der Waals surface area (Å²) in [7, 11) is 1.78. The fraction of sp³-hybridized carbons (Fsp3) is 0.353. The Balaban J connectivity index is 1.63. The molecule has 0 aliphatic heterocycles. The number of benzene rings is 1. The molecule has 5 heteroatoms. The molecule has 2 N–H and O–H groups in total. The second-order valence-corrected chi connectivity index (χ2v) is 5.90. The molecule has 0 spiro atoms. The quantitative estimate of drug-likeness (QED) is 0.469. The van der Waals surface area contributed by atoms with E-state index in [0.29, 0.717) is 13.2 Å². The standard InChI is InChI=1S/C17H23N3OS/c1-14-6-3-4-8-16(14)21-12-11-20-17(18-2)19-10-9-15-7-5-13-22-15/h3-8,13H,9-12H2,1-2H3,(H2,18,19,20). The van der Waals surface area contributed by atoms with Crippen molar-refractivity contribution >= 4 is 17.3 Å². The van der Waals surface area contributed by atoms with Crippen LogP contribution in [0.3, 0.4) is 0 Å². The highest BCUT2D eigenvalue weighted by Crippen LogP contribution is 2.15. The summed E-state index contributed by atoms with van der Waals surface area (Å²) in [6.45, 7) is 4.25. The fourth-order valence-electron chi connectivity index (χ4n) is 2.03. The van der Waals surface area contributed by atoms with Crippen molar-refractivity contribution in [3.8, 4) is 5.75 Å². The highest BCUT2D eigenvalue weighted by atomic mass is 32.1. The minimum absolute atomic E-state index is 0.608. The summed E-state index contributed by atoms with van der Waals surface area (Å²) in [4.78, 5) is 5.59. The molecule has 0 atom stereocenters. The lowest BCUT2D eigenvalue weighted by Crippen LogP contribution is -2.40. The topological polar surface area (TPSA) is 45.7 Å². The fourth-order valence-corrected chi connectivity index (χ4v) is 2.74. The third-order valence-electron chi connectivity index (χ3n) is 3.21. The van der Waals surface area contributed by atoms with E-state index in [2.05, 4.69) is 33.1 Å².